The number of nitrogens with zero attached hydrogens (tertiary/aromatic N) is 3. The van der Waals surface area contributed by atoms with Gasteiger partial charge in [-0.05, 0) is 80.4 Å². The van der Waals surface area contributed by atoms with Crippen LogP contribution in [0.1, 0.15) is 124 Å². The highest BCUT2D eigenvalue weighted by molar-refractivity contribution is 6.39. The number of methoxy groups -OCH3 is 1. The molecule has 1 aliphatic heterocycles. The highest BCUT2D eigenvalue weighted by Crippen LogP contribution is 2.45. The van der Waals surface area contributed by atoms with Crippen molar-refractivity contribution in [2.75, 3.05) is 33.9 Å². The molecule has 0 atom stereocenters. The molecule has 1 aliphatic carbocycles. The number of carboxylic acid groups (broad SMARTS) is 1. The molecule has 0 unspecified atom stereocenters. The van der Waals surface area contributed by atoms with Crippen molar-refractivity contribution < 1.29 is 19.4 Å². The SMILES string of the molecule is CC.CC.CC(C)CCCc1ccc(C(=O)O)cc1.CCN(CCOC)C1=NC2(CCC(C(C)(C)C)CC2)N(C)C1=O. The first kappa shape index (κ1) is 39.6. The highest BCUT2D eigenvalue weighted by atomic mass is 16.5. The largest absolute Gasteiger partial charge is 0.478 e. The molecule has 1 spiro atoms. The number of ether oxygens (including phenoxy) is 1. The number of hydrogen-bond acceptors (Lipinski definition) is 5. The summed E-state index contributed by atoms with van der Waals surface area (Å²) in [5.41, 5.74) is 1.61. The molecule has 0 radical (unpaired) electrons. The zero-order valence-corrected chi connectivity index (χ0v) is 29.0. The molecule has 1 heterocycles. The maximum absolute atomic E-state index is 12.7. The van der Waals surface area contributed by atoms with E-state index in [4.69, 9.17) is 14.8 Å². The van der Waals surface area contributed by atoms with Crippen LogP contribution in [0, 0.1) is 17.3 Å². The van der Waals surface area contributed by atoms with Gasteiger partial charge in [-0.25, -0.2) is 9.79 Å². The van der Waals surface area contributed by atoms with Crippen molar-refractivity contribution in [1.82, 2.24) is 9.80 Å². The van der Waals surface area contributed by atoms with Crippen LogP contribution in [0.5, 0.6) is 0 Å². The Bertz CT molecular complexity index is 927. The standard InChI is InChI=1S/C18H33N3O2.C13H18O2.2C2H6/c1-7-21(12-13-23-6)15-16(22)20(5)18(19-15)10-8-14(9-11-18)17(2,3)4;1-10(2)4-3-5-11-6-8-12(9-7-11)13(14)15;2*1-2/h14H,7-13H2,1-6H3;6-10H,3-5H2,1-2H3,(H,14,15);2*1-2H3. The average molecular weight is 590 g/mol. The van der Waals surface area contributed by atoms with Gasteiger partial charge in [-0.1, -0.05) is 80.9 Å². The van der Waals surface area contributed by atoms with Gasteiger partial charge in [0.25, 0.3) is 5.91 Å². The van der Waals surface area contributed by atoms with E-state index in [9.17, 15) is 9.59 Å². The van der Waals surface area contributed by atoms with Gasteiger partial charge >= 0.3 is 5.97 Å². The molecular formula is C35H63N3O4. The number of hydrogen-bond donors (Lipinski definition) is 1. The minimum atomic E-state index is -0.858. The molecule has 3 rings (SSSR count). The molecule has 1 aromatic carbocycles. The summed E-state index contributed by atoms with van der Waals surface area (Å²) in [7, 11) is 3.61. The monoisotopic (exact) mass is 589 g/mol. The van der Waals surface area contributed by atoms with Gasteiger partial charge < -0.3 is 19.6 Å². The Hall–Kier alpha value is -2.41. The minimum absolute atomic E-state index is 0.0668. The molecule has 0 aromatic heterocycles. The molecule has 0 bridgehead atoms. The van der Waals surface area contributed by atoms with Crippen LogP contribution in [0.25, 0.3) is 0 Å². The van der Waals surface area contributed by atoms with Gasteiger partial charge in [0.2, 0.25) is 0 Å². The number of aliphatic imine (C=N–C) groups is 1. The Kier molecular flexibility index (Phi) is 18.6. The van der Waals surface area contributed by atoms with Crippen molar-refractivity contribution in [2.45, 2.75) is 120 Å². The van der Waals surface area contributed by atoms with Crippen molar-refractivity contribution in [2.24, 2.45) is 22.2 Å². The first-order chi connectivity index (χ1) is 19.8. The molecule has 2 aliphatic rings. The second-order valence-electron chi connectivity index (χ2n) is 12.3. The van der Waals surface area contributed by atoms with Gasteiger partial charge in [0.1, 0.15) is 5.66 Å². The van der Waals surface area contributed by atoms with Crippen molar-refractivity contribution in [1.29, 1.82) is 0 Å². The van der Waals surface area contributed by atoms with E-state index < -0.39 is 5.97 Å². The van der Waals surface area contributed by atoms with Gasteiger partial charge in [0.15, 0.2) is 5.84 Å². The smallest absolute Gasteiger partial charge is 0.335 e. The predicted molar refractivity (Wildman–Crippen MR) is 177 cm³/mol. The average Bonchev–Trinajstić information content (AvgIpc) is 3.20. The maximum Gasteiger partial charge on any atom is 0.335 e. The van der Waals surface area contributed by atoms with Crippen molar-refractivity contribution in [3.63, 3.8) is 0 Å². The maximum atomic E-state index is 12.7. The van der Waals surface area contributed by atoms with E-state index in [2.05, 4.69) is 41.5 Å². The molecule has 42 heavy (non-hydrogen) atoms. The Morgan fingerprint density at radius 2 is 1.67 bits per heavy atom. The number of rotatable bonds is 9. The zero-order chi connectivity index (χ0) is 32.5. The van der Waals surface area contributed by atoms with E-state index in [-0.39, 0.29) is 11.6 Å². The third kappa shape index (κ3) is 12.1. The van der Waals surface area contributed by atoms with Crippen LogP contribution in [-0.4, -0.2) is 72.1 Å². The molecule has 0 saturated heterocycles. The molecule has 7 heteroatoms. The Labute approximate surface area is 258 Å². The van der Waals surface area contributed by atoms with Crippen LogP contribution in [-0.2, 0) is 16.0 Å². The summed E-state index contributed by atoms with van der Waals surface area (Å²) in [6.45, 7) is 23.6. The molecule has 7 nitrogen and oxygen atoms in total. The van der Waals surface area contributed by atoms with E-state index >= 15 is 0 Å². The Balaban J connectivity index is 0.000000766. The first-order valence-corrected chi connectivity index (χ1v) is 16.3. The summed E-state index contributed by atoms with van der Waals surface area (Å²) in [4.78, 5) is 32.2. The van der Waals surface area contributed by atoms with E-state index in [0.29, 0.717) is 35.9 Å². The third-order valence-corrected chi connectivity index (χ3v) is 8.14. The van der Waals surface area contributed by atoms with Crippen LogP contribution in [0.2, 0.25) is 0 Å². The van der Waals surface area contributed by atoms with Crippen LogP contribution in [0.15, 0.2) is 29.3 Å². The lowest BCUT2D eigenvalue weighted by atomic mass is 9.69. The molecule has 242 valence electrons. The number of amides is 1. The van der Waals surface area contributed by atoms with Gasteiger partial charge in [-0.3, -0.25) is 4.79 Å². The summed E-state index contributed by atoms with van der Waals surface area (Å²) in [6.07, 6.45) is 7.66. The molecule has 1 aromatic rings. The minimum Gasteiger partial charge on any atom is -0.478 e. The topological polar surface area (TPSA) is 82.4 Å². The summed E-state index contributed by atoms with van der Waals surface area (Å²) >= 11 is 0. The number of carboxylic acids is 1. The number of carbonyl (C=O) groups excluding carboxylic acids is 1. The number of benzene rings is 1. The van der Waals surface area contributed by atoms with E-state index in [1.165, 1.54) is 18.4 Å². The summed E-state index contributed by atoms with van der Waals surface area (Å²) < 4.78 is 5.16. The highest BCUT2D eigenvalue weighted by Gasteiger charge is 2.49. The van der Waals surface area contributed by atoms with Gasteiger partial charge in [0, 0.05) is 27.2 Å². The molecular weight excluding hydrogens is 526 g/mol. The van der Waals surface area contributed by atoms with E-state index in [1.807, 2.05) is 56.7 Å². The number of likely N-dealkylation sites (N-methyl/N-ethyl adjacent to an activating group) is 2. The van der Waals surface area contributed by atoms with Gasteiger partial charge in [-0.2, -0.15) is 0 Å². The van der Waals surface area contributed by atoms with Crippen LogP contribution >= 0.6 is 0 Å². The fourth-order valence-electron chi connectivity index (χ4n) is 5.40. The van der Waals surface area contributed by atoms with Crippen molar-refractivity contribution in [3.8, 4) is 0 Å². The second-order valence-corrected chi connectivity index (χ2v) is 12.3. The number of aromatic carboxylic acids is 1. The third-order valence-electron chi connectivity index (χ3n) is 8.14. The molecule has 1 N–H and O–H groups in total. The van der Waals surface area contributed by atoms with Crippen LogP contribution < -0.4 is 0 Å². The van der Waals surface area contributed by atoms with E-state index in [1.54, 1.807) is 19.2 Å². The molecule has 1 saturated carbocycles. The predicted octanol–water partition coefficient (Wildman–Crippen LogP) is 8.17. The quantitative estimate of drug-likeness (QED) is 0.314. The zero-order valence-electron chi connectivity index (χ0n) is 29.0. The fraction of sp³-hybridized carbons (Fsp3) is 0.743. The van der Waals surface area contributed by atoms with Gasteiger partial charge in [0.05, 0.1) is 12.2 Å². The molecule has 1 fully saturated rings. The summed E-state index contributed by atoms with van der Waals surface area (Å²) in [5, 5.41) is 8.72. The summed E-state index contributed by atoms with van der Waals surface area (Å²) in [5.74, 6) is 1.29. The number of aryl methyl sites for hydroxylation is 1. The van der Waals surface area contributed by atoms with Gasteiger partial charge in [-0.15, -0.1) is 0 Å². The second kappa shape index (κ2) is 19.7. The summed E-state index contributed by atoms with van der Waals surface area (Å²) in [6, 6.07) is 7.16. The lowest BCUT2D eigenvalue weighted by molar-refractivity contribution is -0.128. The fourth-order valence-corrected chi connectivity index (χ4v) is 5.40. The normalized spacial score (nSPS) is 19.6. The molecule has 1 amide bonds. The lowest BCUT2D eigenvalue weighted by Crippen LogP contribution is -2.48. The van der Waals surface area contributed by atoms with Crippen molar-refractivity contribution in [3.05, 3.63) is 35.4 Å². The van der Waals surface area contributed by atoms with Crippen molar-refractivity contribution >= 4 is 17.7 Å². The Morgan fingerprint density at radius 3 is 2.10 bits per heavy atom. The van der Waals surface area contributed by atoms with Crippen LogP contribution in [0.3, 0.4) is 0 Å². The van der Waals surface area contributed by atoms with E-state index in [0.717, 1.165) is 44.6 Å². The van der Waals surface area contributed by atoms with Crippen LogP contribution in [0.4, 0.5) is 0 Å². The number of amidine groups is 1. The Morgan fingerprint density at radius 1 is 1.12 bits per heavy atom. The first-order valence-electron chi connectivity index (χ1n) is 16.3. The lowest BCUT2D eigenvalue weighted by Gasteiger charge is -2.43. The number of carbonyl (C=O) groups is 2.